The molecule has 0 aromatic heterocycles. The van der Waals surface area contributed by atoms with E-state index in [1.807, 2.05) is 0 Å². The number of unbranched alkanes of at least 4 members (excludes halogenated alkanes) is 18. The molecule has 0 aliphatic carbocycles. The van der Waals surface area contributed by atoms with Crippen molar-refractivity contribution in [1.82, 2.24) is 0 Å². The largest absolute Gasteiger partial charge is 0.206 e. The zero-order valence-corrected chi connectivity index (χ0v) is 18.8. The van der Waals surface area contributed by atoms with Gasteiger partial charge >= 0.3 is 0 Å². The van der Waals surface area contributed by atoms with E-state index in [0.717, 1.165) is 12.8 Å². The lowest BCUT2D eigenvalue weighted by atomic mass is 10.1. The van der Waals surface area contributed by atoms with Crippen LogP contribution in [0, 0.1) is 0 Å². The molecule has 0 N–H and O–H groups in total. The van der Waals surface area contributed by atoms with E-state index >= 15 is 0 Å². The van der Waals surface area contributed by atoms with Crippen molar-refractivity contribution >= 4 is 0 Å². The molecule has 0 rings (SSSR count). The number of hydrogen-bond acceptors (Lipinski definition) is 3. The lowest BCUT2D eigenvalue weighted by molar-refractivity contribution is -0.512. The van der Waals surface area contributed by atoms with Crippen LogP contribution < -0.4 is 0 Å². The van der Waals surface area contributed by atoms with Gasteiger partial charge in [0.15, 0.2) is 0 Å². The first-order valence-corrected chi connectivity index (χ1v) is 12.3. The fraction of sp³-hybridized carbons (Fsp3) is 1.00. The fourth-order valence-electron chi connectivity index (χ4n) is 3.40. The van der Waals surface area contributed by atoms with Crippen LogP contribution >= 0.6 is 0 Å². The van der Waals surface area contributed by atoms with Crippen LogP contribution in [0.4, 0.5) is 0 Å². The minimum absolute atomic E-state index is 0.647. The molecule has 0 aromatic carbocycles. The van der Waals surface area contributed by atoms with Gasteiger partial charge in [-0.2, -0.15) is 0 Å². The van der Waals surface area contributed by atoms with Crippen molar-refractivity contribution in [3.8, 4) is 0 Å². The highest BCUT2D eigenvalue weighted by Gasteiger charge is 1.96. The van der Waals surface area contributed by atoms with E-state index < -0.39 is 0 Å². The first-order valence-electron chi connectivity index (χ1n) is 12.3. The summed E-state index contributed by atoms with van der Waals surface area (Å²) in [5.41, 5.74) is 0. The van der Waals surface area contributed by atoms with Gasteiger partial charge in [0.1, 0.15) is 0 Å². The average Bonchev–Trinajstić information content (AvgIpc) is 2.68. The monoisotopic (exact) mass is 386 g/mol. The minimum atomic E-state index is 0.647. The Morgan fingerprint density at radius 1 is 0.333 bits per heavy atom. The molecule has 0 aliphatic rings. The Morgan fingerprint density at radius 2 is 0.593 bits per heavy atom. The molecule has 0 heterocycles. The molecule has 0 saturated heterocycles. The van der Waals surface area contributed by atoms with E-state index in [9.17, 15) is 0 Å². The predicted molar refractivity (Wildman–Crippen MR) is 117 cm³/mol. The van der Waals surface area contributed by atoms with Crippen molar-refractivity contribution in [3.63, 3.8) is 0 Å². The van der Waals surface area contributed by atoms with Crippen LogP contribution in [0.15, 0.2) is 0 Å². The molecule has 0 aromatic rings. The molecule has 3 nitrogen and oxygen atoms in total. The van der Waals surface area contributed by atoms with Gasteiger partial charge in [-0.15, -0.1) is 0 Å². The van der Waals surface area contributed by atoms with Gasteiger partial charge in [-0.25, -0.2) is 9.78 Å². The van der Waals surface area contributed by atoms with E-state index in [0.29, 0.717) is 13.2 Å². The second-order valence-corrected chi connectivity index (χ2v) is 8.08. The maximum absolute atomic E-state index is 5.08. The SMILES string of the molecule is CCCCCCCCCCCCOOOCCCCCCCCCCCC. The Bertz CT molecular complexity index is 222. The highest BCUT2D eigenvalue weighted by Crippen LogP contribution is 2.11. The lowest BCUT2D eigenvalue weighted by Gasteiger charge is -2.04. The Kier molecular flexibility index (Phi) is 25.8. The molecule has 0 aliphatic heterocycles. The molecular weight excluding hydrogens is 336 g/mol. The molecule has 0 atom stereocenters. The quantitative estimate of drug-likeness (QED) is 0.0942. The molecule has 164 valence electrons. The van der Waals surface area contributed by atoms with Gasteiger partial charge in [-0.3, -0.25) is 0 Å². The van der Waals surface area contributed by atoms with E-state index in [2.05, 4.69) is 13.8 Å². The number of hydrogen-bond donors (Lipinski definition) is 0. The van der Waals surface area contributed by atoms with Gasteiger partial charge in [0.25, 0.3) is 0 Å². The lowest BCUT2D eigenvalue weighted by Crippen LogP contribution is -2.00. The van der Waals surface area contributed by atoms with Crippen LogP contribution in [0.2, 0.25) is 0 Å². The van der Waals surface area contributed by atoms with Crippen molar-refractivity contribution < 1.29 is 14.8 Å². The van der Waals surface area contributed by atoms with Crippen molar-refractivity contribution in [2.75, 3.05) is 13.2 Å². The predicted octanol–water partition coefficient (Wildman–Crippen LogP) is 8.71. The van der Waals surface area contributed by atoms with Crippen molar-refractivity contribution in [2.24, 2.45) is 0 Å². The molecule has 0 bridgehead atoms. The van der Waals surface area contributed by atoms with E-state index in [1.54, 1.807) is 0 Å². The maximum atomic E-state index is 5.08. The Morgan fingerprint density at radius 3 is 0.889 bits per heavy atom. The van der Waals surface area contributed by atoms with Crippen molar-refractivity contribution in [3.05, 3.63) is 0 Å². The molecule has 3 heteroatoms. The summed E-state index contributed by atoms with van der Waals surface area (Å²) in [6.07, 6.45) is 26.7. The summed E-state index contributed by atoms with van der Waals surface area (Å²) in [7, 11) is 0. The van der Waals surface area contributed by atoms with Crippen molar-refractivity contribution in [1.29, 1.82) is 0 Å². The molecule has 0 amide bonds. The molecule has 0 spiro atoms. The molecular formula is C24H50O3. The van der Waals surface area contributed by atoms with Crippen LogP contribution in [0.3, 0.4) is 0 Å². The zero-order valence-electron chi connectivity index (χ0n) is 18.8. The minimum Gasteiger partial charge on any atom is -0.206 e. The summed E-state index contributed by atoms with van der Waals surface area (Å²) < 4.78 is 0. The summed E-state index contributed by atoms with van der Waals surface area (Å²) in [5, 5.41) is 4.80. The molecule has 0 fully saturated rings. The van der Waals surface area contributed by atoms with Crippen LogP contribution in [-0.2, 0) is 14.8 Å². The highest BCUT2D eigenvalue weighted by atomic mass is 17.5. The third-order valence-corrected chi connectivity index (χ3v) is 5.26. The van der Waals surface area contributed by atoms with Gasteiger partial charge in [0.2, 0.25) is 0 Å². The van der Waals surface area contributed by atoms with E-state index in [4.69, 9.17) is 14.8 Å². The van der Waals surface area contributed by atoms with Crippen LogP contribution in [0.5, 0.6) is 0 Å². The molecule has 0 saturated carbocycles. The smallest absolute Gasteiger partial charge is 0.0853 e. The van der Waals surface area contributed by atoms with Gasteiger partial charge < -0.3 is 0 Å². The second kappa shape index (κ2) is 25.9. The Labute approximate surface area is 170 Å². The Hall–Kier alpha value is -0.120. The van der Waals surface area contributed by atoms with E-state index in [-0.39, 0.29) is 0 Å². The van der Waals surface area contributed by atoms with Crippen LogP contribution in [0.25, 0.3) is 0 Å². The summed E-state index contributed by atoms with van der Waals surface area (Å²) in [5.74, 6) is 0. The van der Waals surface area contributed by atoms with E-state index in [1.165, 1.54) is 116 Å². The molecule has 0 unspecified atom stereocenters. The first kappa shape index (κ1) is 26.9. The van der Waals surface area contributed by atoms with Gasteiger partial charge in [-0.05, 0) is 12.8 Å². The maximum Gasteiger partial charge on any atom is 0.0853 e. The summed E-state index contributed by atoms with van der Waals surface area (Å²) in [4.78, 5) is 10.2. The van der Waals surface area contributed by atoms with Crippen molar-refractivity contribution in [2.45, 2.75) is 142 Å². The normalized spacial score (nSPS) is 11.3. The number of rotatable bonds is 24. The van der Waals surface area contributed by atoms with Gasteiger partial charge in [0, 0.05) is 0 Å². The summed E-state index contributed by atoms with van der Waals surface area (Å²) in [6.45, 7) is 5.84. The van der Waals surface area contributed by atoms with Crippen LogP contribution in [-0.4, -0.2) is 13.2 Å². The van der Waals surface area contributed by atoms with Gasteiger partial charge in [0.05, 0.1) is 13.2 Å². The Balaban J connectivity index is 2.95. The molecule has 27 heavy (non-hydrogen) atoms. The fourth-order valence-corrected chi connectivity index (χ4v) is 3.40. The second-order valence-electron chi connectivity index (χ2n) is 8.08. The third-order valence-electron chi connectivity index (χ3n) is 5.26. The summed E-state index contributed by atoms with van der Waals surface area (Å²) >= 11 is 0. The topological polar surface area (TPSA) is 27.7 Å². The third kappa shape index (κ3) is 25.9. The highest BCUT2D eigenvalue weighted by molar-refractivity contribution is 4.48. The van der Waals surface area contributed by atoms with Gasteiger partial charge in [-0.1, -0.05) is 134 Å². The average molecular weight is 387 g/mol. The zero-order chi connectivity index (χ0) is 19.7. The first-order chi connectivity index (χ1) is 13.4. The summed E-state index contributed by atoms with van der Waals surface area (Å²) in [6, 6.07) is 0. The van der Waals surface area contributed by atoms with Crippen LogP contribution in [0.1, 0.15) is 142 Å². The molecule has 0 radical (unpaired) electrons. The standard InChI is InChI=1S/C24H50O3/c1-3-5-7-9-11-13-15-17-19-21-23-25-27-26-24-22-20-18-16-14-12-10-8-6-4-2/h3-24H2,1-2H3.